The number of nitrogens with zero attached hydrogens (tertiary/aromatic N) is 5. The summed E-state index contributed by atoms with van der Waals surface area (Å²) in [5.74, 6) is 4.94. The zero-order valence-corrected chi connectivity index (χ0v) is 16.8. The first-order valence-electron chi connectivity index (χ1n) is 9.35. The third kappa shape index (κ3) is 5.87. The van der Waals surface area contributed by atoms with Gasteiger partial charge in [-0.1, -0.05) is 24.3 Å². The number of aliphatic imine (C=N–C) groups is 1. The number of aliphatic carboxylic acids is 1. The van der Waals surface area contributed by atoms with Crippen LogP contribution in [0.15, 0.2) is 64.7 Å². The van der Waals surface area contributed by atoms with Gasteiger partial charge in [-0.15, -0.1) is 0 Å². The minimum Gasteiger partial charge on any atom is -0.482 e. The molecule has 3 aromatic rings. The van der Waals surface area contributed by atoms with Crippen molar-refractivity contribution in [2.75, 3.05) is 12.3 Å². The van der Waals surface area contributed by atoms with Gasteiger partial charge in [0.2, 0.25) is 5.95 Å². The fourth-order valence-electron chi connectivity index (χ4n) is 2.77. The number of carboxylic acids is 1. The molecule has 0 amide bonds. The van der Waals surface area contributed by atoms with Crippen LogP contribution in [0, 0.1) is 11.3 Å². The Labute approximate surface area is 183 Å². The van der Waals surface area contributed by atoms with E-state index < -0.39 is 12.6 Å². The molecule has 10 heteroatoms. The molecule has 5 N–H and O–H groups in total. The Morgan fingerprint density at radius 1 is 1.19 bits per heavy atom. The third-order valence-corrected chi connectivity index (χ3v) is 4.18. The minimum atomic E-state index is -1.06. The van der Waals surface area contributed by atoms with Crippen LogP contribution < -0.4 is 16.3 Å². The van der Waals surface area contributed by atoms with Crippen LogP contribution in [-0.2, 0) is 11.3 Å². The number of benzene rings is 2. The minimum absolute atomic E-state index is 0.0256. The van der Waals surface area contributed by atoms with Crippen LogP contribution in [0.4, 0.5) is 5.95 Å². The molecular weight excluding hydrogens is 410 g/mol. The summed E-state index contributed by atoms with van der Waals surface area (Å²) in [6, 6.07) is 17.6. The first-order chi connectivity index (χ1) is 15.5. The number of carboxylic acid groups (broad SMARTS) is 1. The highest BCUT2D eigenvalue weighted by Crippen LogP contribution is 2.20. The Bertz CT molecular complexity index is 1230. The number of hydrogen-bond donors (Lipinski definition) is 3. The monoisotopic (exact) mass is 429 g/mol. The molecule has 0 fully saturated rings. The summed E-state index contributed by atoms with van der Waals surface area (Å²) in [4.78, 5) is 23.4. The average Bonchev–Trinajstić information content (AvgIpc) is 2.80. The molecule has 0 bridgehead atoms. The van der Waals surface area contributed by atoms with Crippen LogP contribution in [0.1, 0.15) is 16.8 Å². The number of aromatic nitrogens is 2. The molecule has 0 unspecified atom stereocenters. The van der Waals surface area contributed by atoms with Crippen LogP contribution in [0.5, 0.6) is 5.75 Å². The molecule has 0 spiro atoms. The van der Waals surface area contributed by atoms with Gasteiger partial charge in [0.15, 0.2) is 6.61 Å². The van der Waals surface area contributed by atoms with Gasteiger partial charge >= 0.3 is 5.97 Å². The number of nitriles is 1. The van der Waals surface area contributed by atoms with E-state index in [1.165, 1.54) is 6.21 Å². The Kier molecular flexibility index (Phi) is 7.06. The van der Waals surface area contributed by atoms with Gasteiger partial charge in [-0.05, 0) is 35.9 Å². The molecule has 0 aliphatic heterocycles. The van der Waals surface area contributed by atoms with Crippen LogP contribution in [-0.4, -0.2) is 39.6 Å². The topological polar surface area (TPSA) is 173 Å². The Balaban J connectivity index is 1.78. The van der Waals surface area contributed by atoms with Gasteiger partial charge in [0.05, 0.1) is 35.8 Å². The van der Waals surface area contributed by atoms with E-state index in [1.807, 2.05) is 6.07 Å². The first-order valence-corrected chi connectivity index (χ1v) is 9.35. The Hall–Kier alpha value is -4.78. The second-order valence-corrected chi connectivity index (χ2v) is 6.50. The highest BCUT2D eigenvalue weighted by molar-refractivity contribution is 6.37. The molecule has 0 aliphatic carbocycles. The lowest BCUT2D eigenvalue weighted by Crippen LogP contribution is -2.11. The molecule has 3 rings (SSSR count). The summed E-state index contributed by atoms with van der Waals surface area (Å²) in [6.45, 7) is -0.146. The zero-order valence-electron chi connectivity index (χ0n) is 16.8. The summed E-state index contributed by atoms with van der Waals surface area (Å²) in [5, 5.41) is 21.6. The van der Waals surface area contributed by atoms with Crippen molar-refractivity contribution >= 4 is 23.8 Å². The maximum absolute atomic E-state index is 10.6. The van der Waals surface area contributed by atoms with Crippen molar-refractivity contribution in [3.63, 3.8) is 0 Å². The normalized spacial score (nSPS) is 11.3. The summed E-state index contributed by atoms with van der Waals surface area (Å²) in [5.41, 5.74) is 9.03. The predicted octanol–water partition coefficient (Wildman–Crippen LogP) is 1.99. The van der Waals surface area contributed by atoms with Gasteiger partial charge in [-0.25, -0.2) is 14.8 Å². The number of nitrogen functional groups attached to an aromatic ring is 1. The molecule has 160 valence electrons. The van der Waals surface area contributed by atoms with Gasteiger partial charge in [0, 0.05) is 5.56 Å². The lowest BCUT2D eigenvalue weighted by atomic mass is 10.1. The van der Waals surface area contributed by atoms with Gasteiger partial charge < -0.3 is 21.4 Å². The molecule has 0 saturated carbocycles. The van der Waals surface area contributed by atoms with Crippen LogP contribution in [0.2, 0.25) is 0 Å². The molecule has 0 aliphatic rings. The molecule has 10 nitrogen and oxygen atoms in total. The van der Waals surface area contributed by atoms with E-state index >= 15 is 0 Å². The number of rotatable bonds is 8. The van der Waals surface area contributed by atoms with Crippen molar-refractivity contribution < 1.29 is 14.6 Å². The first kappa shape index (κ1) is 21.9. The van der Waals surface area contributed by atoms with Crippen molar-refractivity contribution in [3.05, 3.63) is 71.4 Å². The smallest absolute Gasteiger partial charge is 0.341 e. The Morgan fingerprint density at radius 3 is 2.75 bits per heavy atom. The van der Waals surface area contributed by atoms with Crippen LogP contribution in [0.3, 0.4) is 0 Å². The quantitative estimate of drug-likeness (QED) is 0.277. The van der Waals surface area contributed by atoms with Crippen molar-refractivity contribution in [1.29, 1.82) is 5.26 Å². The lowest BCUT2D eigenvalue weighted by Gasteiger charge is -2.06. The number of anilines is 1. The summed E-state index contributed by atoms with van der Waals surface area (Å²) in [7, 11) is 0. The number of ether oxygens (including phenoxy) is 1. The molecular formula is C22H19N7O3. The van der Waals surface area contributed by atoms with E-state index in [0.717, 1.165) is 5.56 Å². The van der Waals surface area contributed by atoms with E-state index in [-0.39, 0.29) is 18.2 Å². The summed E-state index contributed by atoms with van der Waals surface area (Å²) in [6.07, 6.45) is 1.46. The number of carbonyl (C=O) groups is 1. The van der Waals surface area contributed by atoms with E-state index in [2.05, 4.69) is 26.1 Å². The van der Waals surface area contributed by atoms with E-state index in [9.17, 15) is 4.79 Å². The zero-order chi connectivity index (χ0) is 22.9. The van der Waals surface area contributed by atoms with Gasteiger partial charge in [0.1, 0.15) is 11.5 Å². The fourth-order valence-corrected chi connectivity index (χ4v) is 2.77. The van der Waals surface area contributed by atoms with Gasteiger partial charge in [0.25, 0.3) is 0 Å². The molecule has 0 atom stereocenters. The maximum Gasteiger partial charge on any atom is 0.341 e. The van der Waals surface area contributed by atoms with E-state index in [0.29, 0.717) is 28.3 Å². The third-order valence-electron chi connectivity index (χ3n) is 4.18. The second-order valence-electron chi connectivity index (χ2n) is 6.50. The van der Waals surface area contributed by atoms with Crippen molar-refractivity contribution in [2.24, 2.45) is 15.9 Å². The highest BCUT2D eigenvalue weighted by Gasteiger charge is 2.10. The van der Waals surface area contributed by atoms with Crippen molar-refractivity contribution in [2.45, 2.75) is 6.54 Å². The van der Waals surface area contributed by atoms with Crippen LogP contribution >= 0.6 is 0 Å². The van der Waals surface area contributed by atoms with Crippen molar-refractivity contribution in [1.82, 2.24) is 9.97 Å². The van der Waals surface area contributed by atoms with Gasteiger partial charge in [-0.3, -0.25) is 4.99 Å². The largest absolute Gasteiger partial charge is 0.482 e. The highest BCUT2D eigenvalue weighted by atomic mass is 16.5. The van der Waals surface area contributed by atoms with Crippen LogP contribution in [0.25, 0.3) is 11.3 Å². The SMILES string of the molecule is N#Cc1cccc(-c2cc(C(C=NCc3cccc(OCC(=O)O)c3)=NN)nc(N)n2)c1. The van der Waals surface area contributed by atoms with Crippen molar-refractivity contribution in [3.8, 4) is 23.1 Å². The predicted molar refractivity (Wildman–Crippen MR) is 119 cm³/mol. The summed E-state index contributed by atoms with van der Waals surface area (Å²) >= 11 is 0. The molecule has 0 radical (unpaired) electrons. The molecule has 1 heterocycles. The molecule has 2 aromatic carbocycles. The fraction of sp³-hybridized carbons (Fsp3) is 0.0909. The number of hydrazone groups is 1. The van der Waals surface area contributed by atoms with E-state index in [1.54, 1.807) is 48.5 Å². The maximum atomic E-state index is 10.6. The lowest BCUT2D eigenvalue weighted by molar-refractivity contribution is -0.139. The van der Waals surface area contributed by atoms with Gasteiger partial charge in [-0.2, -0.15) is 10.4 Å². The molecule has 32 heavy (non-hydrogen) atoms. The second kappa shape index (κ2) is 10.3. The average molecular weight is 429 g/mol. The molecule has 0 saturated heterocycles. The molecule has 1 aromatic heterocycles. The number of nitrogens with two attached hydrogens (primary N) is 2. The Morgan fingerprint density at radius 2 is 2.00 bits per heavy atom. The number of hydrogen-bond acceptors (Lipinski definition) is 9. The van der Waals surface area contributed by atoms with E-state index in [4.69, 9.17) is 26.7 Å². The standard InChI is InChI=1S/C22H19N7O3/c23-10-14-3-1-5-16(7-14)18-9-19(28-22(24)27-18)20(29-25)12-26-11-15-4-2-6-17(8-15)32-13-21(30)31/h1-9,12H,11,13,25H2,(H,30,31)(H2,24,27,28). The summed E-state index contributed by atoms with van der Waals surface area (Å²) < 4.78 is 5.16.